The molecular weight excluding hydrogens is 259 g/mol. The van der Waals surface area contributed by atoms with Crippen molar-refractivity contribution in [2.45, 2.75) is 20.3 Å². The zero-order valence-corrected chi connectivity index (χ0v) is 11.4. The van der Waals surface area contributed by atoms with Crippen LogP contribution in [0, 0.1) is 5.41 Å². The number of hydrogen-bond donors (Lipinski definition) is 2. The van der Waals surface area contributed by atoms with E-state index in [0.717, 1.165) is 0 Å². The maximum atomic E-state index is 12.0. The lowest BCUT2D eigenvalue weighted by atomic mass is 9.86. The van der Waals surface area contributed by atoms with Crippen molar-refractivity contribution in [1.29, 1.82) is 0 Å². The molecule has 3 N–H and O–H groups in total. The molecular formula is C12H16Cl2N2O. The molecule has 0 aromatic heterocycles. The molecule has 0 fully saturated rings. The average Bonchev–Trinajstić information content (AvgIpc) is 2.32. The summed E-state index contributed by atoms with van der Waals surface area (Å²) in [5.41, 5.74) is 5.68. The summed E-state index contributed by atoms with van der Waals surface area (Å²) in [5, 5.41) is 3.66. The second-order valence-corrected chi connectivity index (χ2v) is 5.02. The normalized spacial score (nSPS) is 14.2. The number of carbonyl (C=O) groups excluding carboxylic acids is 1. The molecule has 1 unspecified atom stereocenters. The molecule has 0 spiro atoms. The van der Waals surface area contributed by atoms with Gasteiger partial charge < -0.3 is 11.1 Å². The first-order chi connectivity index (χ1) is 7.92. The zero-order chi connectivity index (χ0) is 13.1. The molecule has 3 nitrogen and oxygen atoms in total. The van der Waals surface area contributed by atoms with Gasteiger partial charge in [-0.05, 0) is 31.5 Å². The topological polar surface area (TPSA) is 55.1 Å². The minimum absolute atomic E-state index is 0.110. The Morgan fingerprint density at radius 1 is 1.41 bits per heavy atom. The van der Waals surface area contributed by atoms with Gasteiger partial charge in [0.05, 0.1) is 15.5 Å². The van der Waals surface area contributed by atoms with E-state index in [1.165, 1.54) is 0 Å². The monoisotopic (exact) mass is 274 g/mol. The third-order valence-electron chi connectivity index (χ3n) is 2.96. The highest BCUT2D eigenvalue weighted by molar-refractivity contribution is 6.42. The fourth-order valence-electron chi connectivity index (χ4n) is 1.25. The summed E-state index contributed by atoms with van der Waals surface area (Å²) in [6.07, 6.45) is 0.677. The lowest BCUT2D eigenvalue weighted by molar-refractivity contribution is -0.124. The van der Waals surface area contributed by atoms with Crippen LogP contribution in [0.4, 0.5) is 5.69 Å². The van der Waals surface area contributed by atoms with Gasteiger partial charge in [-0.25, -0.2) is 0 Å². The number of amides is 1. The van der Waals surface area contributed by atoms with Crippen molar-refractivity contribution in [3.63, 3.8) is 0 Å². The summed E-state index contributed by atoms with van der Waals surface area (Å²) in [6, 6.07) is 4.97. The Morgan fingerprint density at radius 3 is 2.53 bits per heavy atom. The van der Waals surface area contributed by atoms with Gasteiger partial charge in [-0.2, -0.15) is 0 Å². The number of hydrogen-bond acceptors (Lipinski definition) is 2. The van der Waals surface area contributed by atoms with Gasteiger partial charge in [0.15, 0.2) is 0 Å². The Kier molecular flexibility index (Phi) is 4.80. The molecule has 0 aliphatic carbocycles. The van der Waals surface area contributed by atoms with E-state index >= 15 is 0 Å². The second-order valence-electron chi connectivity index (χ2n) is 4.20. The predicted molar refractivity (Wildman–Crippen MR) is 72.5 cm³/mol. The summed E-state index contributed by atoms with van der Waals surface area (Å²) in [7, 11) is 0. The van der Waals surface area contributed by atoms with Crippen LogP contribution in [0.5, 0.6) is 0 Å². The van der Waals surface area contributed by atoms with E-state index < -0.39 is 5.41 Å². The van der Waals surface area contributed by atoms with Crippen LogP contribution in [0.2, 0.25) is 10.0 Å². The molecule has 0 radical (unpaired) electrons. The minimum atomic E-state index is -0.563. The fraction of sp³-hybridized carbons (Fsp3) is 0.417. The van der Waals surface area contributed by atoms with E-state index in [4.69, 9.17) is 28.9 Å². The molecule has 0 aliphatic heterocycles. The zero-order valence-electron chi connectivity index (χ0n) is 9.89. The van der Waals surface area contributed by atoms with E-state index in [9.17, 15) is 4.79 Å². The number of anilines is 1. The molecule has 0 heterocycles. The number of carbonyl (C=O) groups is 1. The maximum Gasteiger partial charge on any atom is 0.231 e. The molecule has 1 atom stereocenters. The molecule has 0 bridgehead atoms. The van der Waals surface area contributed by atoms with Gasteiger partial charge in [-0.1, -0.05) is 30.1 Å². The van der Waals surface area contributed by atoms with Crippen molar-refractivity contribution in [1.82, 2.24) is 0 Å². The summed E-state index contributed by atoms with van der Waals surface area (Å²) in [6.45, 7) is 4.07. The van der Waals surface area contributed by atoms with Gasteiger partial charge in [-0.15, -0.1) is 0 Å². The van der Waals surface area contributed by atoms with Gasteiger partial charge in [0.2, 0.25) is 5.91 Å². The molecule has 1 aromatic rings. The third-order valence-corrected chi connectivity index (χ3v) is 3.70. The number of halogens is 2. The molecule has 0 saturated heterocycles. The van der Waals surface area contributed by atoms with Crippen LogP contribution in [0.25, 0.3) is 0 Å². The summed E-state index contributed by atoms with van der Waals surface area (Å²) < 4.78 is 0. The second kappa shape index (κ2) is 5.71. The van der Waals surface area contributed by atoms with Gasteiger partial charge in [-0.3, -0.25) is 4.79 Å². The van der Waals surface area contributed by atoms with Gasteiger partial charge in [0, 0.05) is 12.2 Å². The van der Waals surface area contributed by atoms with Crippen molar-refractivity contribution < 1.29 is 4.79 Å². The molecule has 1 amide bonds. The number of nitrogens with two attached hydrogens (primary N) is 1. The third kappa shape index (κ3) is 3.35. The van der Waals surface area contributed by atoms with Crippen molar-refractivity contribution >= 4 is 34.8 Å². The number of rotatable bonds is 4. The standard InChI is InChI=1S/C12H16Cl2N2O/c1-3-12(2,7-15)11(17)16-8-4-5-9(13)10(14)6-8/h4-6H,3,7,15H2,1-2H3,(H,16,17). The molecule has 17 heavy (non-hydrogen) atoms. The van der Waals surface area contributed by atoms with Crippen LogP contribution in [0.1, 0.15) is 20.3 Å². The number of benzene rings is 1. The highest BCUT2D eigenvalue weighted by atomic mass is 35.5. The van der Waals surface area contributed by atoms with E-state index in [2.05, 4.69) is 5.32 Å². The Hall–Kier alpha value is -0.770. The Morgan fingerprint density at radius 2 is 2.06 bits per heavy atom. The van der Waals surface area contributed by atoms with E-state index in [1.54, 1.807) is 18.2 Å². The lowest BCUT2D eigenvalue weighted by Gasteiger charge is -2.25. The molecule has 0 saturated carbocycles. The van der Waals surface area contributed by atoms with Crippen molar-refractivity contribution in [2.24, 2.45) is 11.1 Å². The number of nitrogens with one attached hydrogen (secondary N) is 1. The van der Waals surface area contributed by atoms with Gasteiger partial charge in [0.1, 0.15) is 0 Å². The highest BCUT2D eigenvalue weighted by Gasteiger charge is 2.29. The van der Waals surface area contributed by atoms with Crippen LogP contribution in [0.15, 0.2) is 18.2 Å². The van der Waals surface area contributed by atoms with Crippen LogP contribution < -0.4 is 11.1 Å². The molecule has 5 heteroatoms. The summed E-state index contributed by atoms with van der Waals surface area (Å²) in [5.74, 6) is -0.110. The maximum absolute atomic E-state index is 12.0. The quantitative estimate of drug-likeness (QED) is 0.885. The van der Waals surface area contributed by atoms with E-state index in [-0.39, 0.29) is 5.91 Å². The van der Waals surface area contributed by atoms with Crippen LogP contribution >= 0.6 is 23.2 Å². The summed E-state index contributed by atoms with van der Waals surface area (Å²) >= 11 is 11.7. The Bertz CT molecular complexity index is 417. The molecule has 1 rings (SSSR count). The fourth-order valence-corrected chi connectivity index (χ4v) is 1.55. The first-order valence-electron chi connectivity index (χ1n) is 5.39. The first kappa shape index (κ1) is 14.3. The largest absolute Gasteiger partial charge is 0.329 e. The van der Waals surface area contributed by atoms with Crippen LogP contribution in [0.3, 0.4) is 0 Å². The van der Waals surface area contributed by atoms with Gasteiger partial charge >= 0.3 is 0 Å². The van der Waals surface area contributed by atoms with Crippen molar-refractivity contribution in [2.75, 3.05) is 11.9 Å². The summed E-state index contributed by atoms with van der Waals surface area (Å²) in [4.78, 5) is 12.0. The Balaban J connectivity index is 2.84. The predicted octanol–water partition coefficient (Wildman–Crippen LogP) is 3.31. The smallest absolute Gasteiger partial charge is 0.231 e. The lowest BCUT2D eigenvalue weighted by Crippen LogP contribution is -2.39. The van der Waals surface area contributed by atoms with Crippen molar-refractivity contribution in [3.05, 3.63) is 28.2 Å². The minimum Gasteiger partial charge on any atom is -0.329 e. The average molecular weight is 275 g/mol. The van der Waals surface area contributed by atoms with Crippen molar-refractivity contribution in [3.8, 4) is 0 Å². The molecule has 0 aliphatic rings. The van der Waals surface area contributed by atoms with E-state index in [1.807, 2.05) is 13.8 Å². The van der Waals surface area contributed by atoms with Crippen LogP contribution in [-0.4, -0.2) is 12.5 Å². The Labute approximate surface area is 111 Å². The molecule has 1 aromatic carbocycles. The van der Waals surface area contributed by atoms with Gasteiger partial charge in [0.25, 0.3) is 0 Å². The SMILES string of the molecule is CCC(C)(CN)C(=O)Nc1ccc(Cl)c(Cl)c1. The van der Waals surface area contributed by atoms with E-state index in [0.29, 0.717) is 28.7 Å². The first-order valence-corrected chi connectivity index (χ1v) is 6.15. The highest BCUT2D eigenvalue weighted by Crippen LogP contribution is 2.27. The molecule has 94 valence electrons. The van der Waals surface area contributed by atoms with Crippen LogP contribution in [-0.2, 0) is 4.79 Å².